The second kappa shape index (κ2) is 10.4. The van der Waals surface area contributed by atoms with Crippen molar-refractivity contribution in [1.82, 2.24) is 0 Å². The Morgan fingerprint density at radius 3 is 2.13 bits per heavy atom. The van der Waals surface area contributed by atoms with Crippen LogP contribution >= 0.6 is 0 Å². The van der Waals surface area contributed by atoms with Crippen molar-refractivity contribution in [3.8, 4) is 0 Å². The Morgan fingerprint density at radius 2 is 1.87 bits per heavy atom. The molecule has 3 N–H and O–H groups in total. The number of methoxy groups -OCH3 is 1. The summed E-state index contributed by atoms with van der Waals surface area (Å²) in [4.78, 5) is 0. The van der Waals surface area contributed by atoms with E-state index in [2.05, 4.69) is 6.92 Å². The molecule has 0 aromatic carbocycles. The van der Waals surface area contributed by atoms with Gasteiger partial charge in [0.1, 0.15) is 0 Å². The van der Waals surface area contributed by atoms with Crippen LogP contribution in [0.15, 0.2) is 0 Å². The van der Waals surface area contributed by atoms with E-state index in [9.17, 15) is 5.11 Å². The highest BCUT2D eigenvalue weighted by Gasteiger charge is 2.18. The summed E-state index contributed by atoms with van der Waals surface area (Å²) in [6, 6.07) is 0. The van der Waals surface area contributed by atoms with Crippen molar-refractivity contribution in [3.63, 3.8) is 0 Å². The minimum absolute atomic E-state index is 0.139. The highest BCUT2D eigenvalue weighted by Crippen LogP contribution is 2.12. The molecule has 0 aliphatic carbocycles. The summed E-state index contributed by atoms with van der Waals surface area (Å²) in [5, 5.41) is 25.5. The van der Waals surface area contributed by atoms with Crippen LogP contribution in [0.1, 0.15) is 40.0 Å². The van der Waals surface area contributed by atoms with Crippen LogP contribution in [-0.4, -0.2) is 47.3 Å². The summed E-state index contributed by atoms with van der Waals surface area (Å²) < 4.78 is 4.85. The summed E-state index contributed by atoms with van der Waals surface area (Å²) in [5.74, 6) is 0. The van der Waals surface area contributed by atoms with E-state index in [0.29, 0.717) is 6.61 Å². The van der Waals surface area contributed by atoms with Gasteiger partial charge in [-0.05, 0) is 20.3 Å². The number of hydrogen-bond acceptors (Lipinski definition) is 4. The quantitative estimate of drug-likeness (QED) is 0.625. The summed E-state index contributed by atoms with van der Waals surface area (Å²) >= 11 is 0. The van der Waals surface area contributed by atoms with Crippen molar-refractivity contribution < 1.29 is 20.1 Å². The van der Waals surface area contributed by atoms with E-state index in [1.807, 2.05) is 6.92 Å². The topological polar surface area (TPSA) is 69.9 Å². The molecule has 0 aliphatic rings. The van der Waals surface area contributed by atoms with Crippen LogP contribution in [0.5, 0.6) is 0 Å². The first-order valence-electron chi connectivity index (χ1n) is 5.39. The van der Waals surface area contributed by atoms with Crippen LogP contribution < -0.4 is 0 Å². The molecule has 94 valence electrons. The van der Waals surface area contributed by atoms with Crippen LogP contribution in [0.2, 0.25) is 0 Å². The number of aliphatic hydroxyl groups is 3. The lowest BCUT2D eigenvalue weighted by atomic mass is 10.0. The van der Waals surface area contributed by atoms with Gasteiger partial charge in [-0.1, -0.05) is 19.8 Å². The number of rotatable bonds is 6. The van der Waals surface area contributed by atoms with Gasteiger partial charge in [-0.15, -0.1) is 0 Å². The van der Waals surface area contributed by atoms with Crippen LogP contribution in [-0.2, 0) is 4.74 Å². The fourth-order valence-electron chi connectivity index (χ4n) is 0.941. The van der Waals surface area contributed by atoms with Gasteiger partial charge >= 0.3 is 0 Å². The third-order valence-electron chi connectivity index (χ3n) is 1.79. The van der Waals surface area contributed by atoms with Crippen LogP contribution in [0.4, 0.5) is 0 Å². The van der Waals surface area contributed by atoms with Crippen molar-refractivity contribution in [3.05, 3.63) is 0 Å². The second-order valence-electron chi connectivity index (χ2n) is 4.07. The SMILES string of the molecule is CC(O)CO.CCCCC(C)(O)COC. The lowest BCUT2D eigenvalue weighted by molar-refractivity contribution is -0.0239. The molecule has 0 amide bonds. The molecule has 15 heavy (non-hydrogen) atoms. The Balaban J connectivity index is 0. The largest absolute Gasteiger partial charge is 0.394 e. The van der Waals surface area contributed by atoms with Gasteiger partial charge in [0.15, 0.2) is 0 Å². The van der Waals surface area contributed by atoms with Crippen molar-refractivity contribution in [1.29, 1.82) is 0 Å². The van der Waals surface area contributed by atoms with Gasteiger partial charge in [0.2, 0.25) is 0 Å². The molecule has 4 heteroatoms. The highest BCUT2D eigenvalue weighted by atomic mass is 16.5. The molecule has 2 unspecified atom stereocenters. The predicted molar refractivity (Wildman–Crippen MR) is 60.8 cm³/mol. The monoisotopic (exact) mass is 222 g/mol. The molecule has 0 saturated heterocycles. The molecule has 4 nitrogen and oxygen atoms in total. The van der Waals surface area contributed by atoms with Crippen molar-refractivity contribution in [2.24, 2.45) is 0 Å². The van der Waals surface area contributed by atoms with Crippen molar-refractivity contribution in [2.75, 3.05) is 20.3 Å². The number of unbranched alkanes of at least 4 members (excludes halogenated alkanes) is 1. The average Bonchev–Trinajstić information content (AvgIpc) is 2.16. The van der Waals surface area contributed by atoms with E-state index < -0.39 is 11.7 Å². The minimum Gasteiger partial charge on any atom is -0.394 e. The number of hydrogen-bond donors (Lipinski definition) is 3. The average molecular weight is 222 g/mol. The Kier molecular flexibility index (Phi) is 11.9. The molecular formula is C11H26O4. The second-order valence-corrected chi connectivity index (χ2v) is 4.07. The zero-order valence-corrected chi connectivity index (χ0v) is 10.4. The molecule has 0 bridgehead atoms. The molecule has 0 aromatic heterocycles. The summed E-state index contributed by atoms with van der Waals surface area (Å²) in [6.07, 6.45) is 2.46. The maximum atomic E-state index is 9.52. The molecule has 0 aliphatic heterocycles. The third-order valence-corrected chi connectivity index (χ3v) is 1.79. The van der Waals surface area contributed by atoms with Crippen molar-refractivity contribution in [2.45, 2.75) is 51.7 Å². The van der Waals surface area contributed by atoms with Gasteiger partial charge < -0.3 is 20.1 Å². The van der Waals surface area contributed by atoms with E-state index in [1.165, 1.54) is 6.92 Å². The van der Waals surface area contributed by atoms with Gasteiger partial charge in [0, 0.05) is 7.11 Å². The fraction of sp³-hybridized carbons (Fsp3) is 1.00. The van der Waals surface area contributed by atoms with E-state index in [4.69, 9.17) is 14.9 Å². The first-order chi connectivity index (χ1) is 6.89. The highest BCUT2D eigenvalue weighted by molar-refractivity contribution is 4.70. The third kappa shape index (κ3) is 16.5. The van der Waals surface area contributed by atoms with E-state index in [-0.39, 0.29) is 6.61 Å². The standard InChI is InChI=1S/C8H18O2.C3H8O2/c1-4-5-6-8(2,9)7-10-3;1-3(5)2-4/h9H,4-7H2,1-3H3;3-5H,2H2,1H3. The molecule has 0 spiro atoms. The molecule has 0 saturated carbocycles. The van der Waals surface area contributed by atoms with Gasteiger partial charge in [0.25, 0.3) is 0 Å². The lowest BCUT2D eigenvalue weighted by Gasteiger charge is -2.21. The molecular weight excluding hydrogens is 196 g/mol. The smallest absolute Gasteiger partial charge is 0.0852 e. The summed E-state index contributed by atoms with van der Waals surface area (Å²) in [6.45, 7) is 5.75. The first-order valence-corrected chi connectivity index (χ1v) is 5.39. The zero-order valence-electron chi connectivity index (χ0n) is 10.4. The Hall–Kier alpha value is -0.160. The van der Waals surface area contributed by atoms with Crippen molar-refractivity contribution >= 4 is 0 Å². The van der Waals surface area contributed by atoms with Crippen LogP contribution in [0, 0.1) is 0 Å². The number of ether oxygens (including phenoxy) is 1. The zero-order chi connectivity index (χ0) is 12.3. The van der Waals surface area contributed by atoms with E-state index in [1.54, 1.807) is 7.11 Å². The lowest BCUT2D eigenvalue weighted by Crippen LogP contribution is -2.29. The first kappa shape index (κ1) is 17.2. The Labute approximate surface area is 92.9 Å². The summed E-state index contributed by atoms with van der Waals surface area (Å²) in [5.41, 5.74) is -0.620. The number of aliphatic hydroxyl groups excluding tert-OH is 2. The van der Waals surface area contributed by atoms with Gasteiger partial charge in [-0.2, -0.15) is 0 Å². The molecule has 0 heterocycles. The van der Waals surface area contributed by atoms with Crippen LogP contribution in [0.25, 0.3) is 0 Å². The fourth-order valence-corrected chi connectivity index (χ4v) is 0.941. The molecule has 0 rings (SSSR count). The molecule has 0 fully saturated rings. The minimum atomic E-state index is -0.620. The van der Waals surface area contributed by atoms with Gasteiger partial charge in [-0.3, -0.25) is 0 Å². The molecule has 2 atom stereocenters. The maximum Gasteiger partial charge on any atom is 0.0852 e. The van der Waals surface area contributed by atoms with Gasteiger partial charge in [-0.25, -0.2) is 0 Å². The predicted octanol–water partition coefficient (Wildman–Crippen LogP) is 0.933. The normalized spacial score (nSPS) is 16.2. The van der Waals surface area contributed by atoms with Gasteiger partial charge in [0.05, 0.1) is 24.9 Å². The Morgan fingerprint density at radius 1 is 1.40 bits per heavy atom. The molecule has 0 aromatic rings. The van der Waals surface area contributed by atoms with E-state index in [0.717, 1.165) is 19.3 Å². The van der Waals surface area contributed by atoms with E-state index >= 15 is 0 Å². The Bertz CT molecular complexity index is 124. The summed E-state index contributed by atoms with van der Waals surface area (Å²) in [7, 11) is 1.61. The van der Waals surface area contributed by atoms with Crippen LogP contribution in [0.3, 0.4) is 0 Å². The molecule has 0 radical (unpaired) electrons. The maximum absolute atomic E-state index is 9.52.